The van der Waals surface area contributed by atoms with Crippen LogP contribution in [0.15, 0.2) is 49.4 Å². The number of benzene rings is 2. The Morgan fingerprint density at radius 1 is 1.29 bits per heavy atom. The van der Waals surface area contributed by atoms with Crippen molar-refractivity contribution in [2.24, 2.45) is 5.73 Å². The molecule has 1 aromatic heterocycles. The van der Waals surface area contributed by atoms with E-state index in [4.69, 9.17) is 10.7 Å². The van der Waals surface area contributed by atoms with Gasteiger partial charge >= 0.3 is 0 Å². The van der Waals surface area contributed by atoms with Crippen LogP contribution < -0.4 is 11.1 Å². The Labute approximate surface area is 184 Å². The zero-order chi connectivity index (χ0) is 22.0. The minimum Gasteiger partial charge on any atom is -0.366 e. The maximum atomic E-state index is 12.1. The first-order valence-corrected chi connectivity index (χ1v) is 11.4. The lowest BCUT2D eigenvalue weighted by Gasteiger charge is -2.24. The Hall–Kier alpha value is -3.08. The molecule has 3 N–H and O–H groups in total. The third kappa shape index (κ3) is 3.97. The van der Waals surface area contributed by atoms with Crippen LogP contribution in [0.4, 0.5) is 5.69 Å². The van der Waals surface area contributed by atoms with E-state index in [1.807, 2.05) is 12.4 Å². The summed E-state index contributed by atoms with van der Waals surface area (Å²) in [6.45, 7) is 8.12. The van der Waals surface area contributed by atoms with Crippen molar-refractivity contribution in [3.63, 3.8) is 0 Å². The SMILES string of the molecule is C=CNc1c(C(N)=O)ccc(-c2ccc3c(c2)ncn3C2CCCCC2)c1C(C)CC. The van der Waals surface area contributed by atoms with Crippen molar-refractivity contribution >= 4 is 22.6 Å². The Kier molecular flexibility index (Phi) is 6.12. The molecule has 1 saturated carbocycles. The number of anilines is 1. The van der Waals surface area contributed by atoms with E-state index in [1.165, 1.54) is 37.6 Å². The summed E-state index contributed by atoms with van der Waals surface area (Å²) >= 11 is 0. The van der Waals surface area contributed by atoms with Gasteiger partial charge in [0, 0.05) is 6.04 Å². The van der Waals surface area contributed by atoms with Crippen LogP contribution in [0.5, 0.6) is 0 Å². The Morgan fingerprint density at radius 2 is 2.06 bits per heavy atom. The van der Waals surface area contributed by atoms with E-state index in [0.29, 0.717) is 11.6 Å². The number of nitrogens with zero attached hydrogens (tertiary/aromatic N) is 2. The van der Waals surface area contributed by atoms with Gasteiger partial charge in [0.25, 0.3) is 5.91 Å². The average Bonchev–Trinajstić information content (AvgIpc) is 3.22. The summed E-state index contributed by atoms with van der Waals surface area (Å²) in [5, 5.41) is 3.18. The standard InChI is InChI=1S/C26H32N4O/c1-4-17(3)24-20(12-13-21(26(27)31)25(24)28-5-2)18-11-14-23-22(15-18)29-16-30(23)19-9-7-6-8-10-19/h5,11-17,19,28H,2,4,6-10H2,1,3H3,(H2,27,31). The zero-order valence-electron chi connectivity index (χ0n) is 18.5. The molecule has 3 aromatic rings. The van der Waals surface area contributed by atoms with Gasteiger partial charge in [0.15, 0.2) is 0 Å². The van der Waals surface area contributed by atoms with Crippen LogP contribution in [-0.4, -0.2) is 15.5 Å². The summed E-state index contributed by atoms with van der Waals surface area (Å²) in [5.74, 6) is -0.200. The van der Waals surface area contributed by atoms with Gasteiger partial charge in [-0.15, -0.1) is 0 Å². The highest BCUT2D eigenvalue weighted by atomic mass is 16.1. The van der Waals surface area contributed by atoms with Gasteiger partial charge < -0.3 is 15.6 Å². The molecular formula is C26H32N4O. The van der Waals surface area contributed by atoms with Crippen LogP contribution in [0.1, 0.15) is 80.3 Å². The molecule has 0 saturated heterocycles. The van der Waals surface area contributed by atoms with Crippen molar-refractivity contribution in [2.75, 3.05) is 5.32 Å². The summed E-state index contributed by atoms with van der Waals surface area (Å²) < 4.78 is 2.36. The lowest BCUT2D eigenvalue weighted by atomic mass is 9.86. The van der Waals surface area contributed by atoms with Crippen LogP contribution in [0.3, 0.4) is 0 Å². The summed E-state index contributed by atoms with van der Waals surface area (Å²) in [6.07, 6.45) is 11.0. The molecular weight excluding hydrogens is 384 g/mol. The first kappa shape index (κ1) is 21.2. The largest absolute Gasteiger partial charge is 0.366 e. The number of rotatable bonds is 7. The fraction of sp³-hybridized carbons (Fsp3) is 0.385. The lowest BCUT2D eigenvalue weighted by Crippen LogP contribution is -2.15. The molecule has 4 rings (SSSR count). The van der Waals surface area contributed by atoms with Crippen molar-refractivity contribution < 1.29 is 4.79 Å². The van der Waals surface area contributed by atoms with E-state index < -0.39 is 5.91 Å². The van der Waals surface area contributed by atoms with E-state index in [2.05, 4.69) is 48.5 Å². The molecule has 0 radical (unpaired) electrons. The van der Waals surface area contributed by atoms with Crippen LogP contribution in [0.2, 0.25) is 0 Å². The third-order valence-corrected chi connectivity index (χ3v) is 6.72. The fourth-order valence-electron chi connectivity index (χ4n) is 4.90. The smallest absolute Gasteiger partial charge is 0.250 e. The van der Waals surface area contributed by atoms with E-state index in [0.717, 1.165) is 34.3 Å². The Balaban J connectivity index is 1.84. The topological polar surface area (TPSA) is 72.9 Å². The molecule has 2 aromatic carbocycles. The number of imidazole rings is 1. The van der Waals surface area contributed by atoms with E-state index >= 15 is 0 Å². The first-order chi connectivity index (χ1) is 15.0. The normalized spacial score (nSPS) is 15.7. The minimum absolute atomic E-state index is 0.243. The summed E-state index contributed by atoms with van der Waals surface area (Å²) in [6, 6.07) is 10.9. The maximum absolute atomic E-state index is 12.1. The van der Waals surface area contributed by atoms with Crippen LogP contribution in [0, 0.1) is 0 Å². The van der Waals surface area contributed by atoms with Crippen LogP contribution in [-0.2, 0) is 0 Å². The van der Waals surface area contributed by atoms with Gasteiger partial charge in [-0.1, -0.05) is 51.8 Å². The van der Waals surface area contributed by atoms with Gasteiger partial charge in [0.05, 0.1) is 28.6 Å². The number of carbonyl (C=O) groups excluding carboxylic acids is 1. The molecule has 5 nitrogen and oxygen atoms in total. The van der Waals surface area contributed by atoms with Gasteiger partial charge in [-0.05, 0) is 66.3 Å². The van der Waals surface area contributed by atoms with Gasteiger partial charge in [-0.2, -0.15) is 0 Å². The number of hydrogen-bond donors (Lipinski definition) is 2. The highest BCUT2D eigenvalue weighted by Gasteiger charge is 2.22. The van der Waals surface area contributed by atoms with Crippen LogP contribution >= 0.6 is 0 Å². The van der Waals surface area contributed by atoms with Gasteiger partial charge in [-0.3, -0.25) is 4.79 Å². The van der Waals surface area contributed by atoms with E-state index in [9.17, 15) is 4.79 Å². The molecule has 1 aliphatic carbocycles. The van der Waals surface area contributed by atoms with Crippen molar-refractivity contribution in [2.45, 2.75) is 64.3 Å². The fourth-order valence-corrected chi connectivity index (χ4v) is 4.90. The van der Waals surface area contributed by atoms with E-state index in [1.54, 1.807) is 12.3 Å². The zero-order valence-corrected chi connectivity index (χ0v) is 18.5. The average molecular weight is 417 g/mol. The molecule has 31 heavy (non-hydrogen) atoms. The van der Waals surface area contributed by atoms with Gasteiger partial charge in [0.2, 0.25) is 0 Å². The van der Waals surface area contributed by atoms with Crippen molar-refractivity contribution in [1.82, 2.24) is 9.55 Å². The predicted octanol–water partition coefficient (Wildman–Crippen LogP) is 6.38. The highest BCUT2D eigenvalue weighted by Crippen LogP contribution is 2.40. The Bertz CT molecular complexity index is 1110. The molecule has 162 valence electrons. The summed E-state index contributed by atoms with van der Waals surface area (Å²) in [4.78, 5) is 16.8. The maximum Gasteiger partial charge on any atom is 0.250 e. The van der Waals surface area contributed by atoms with Crippen molar-refractivity contribution in [3.8, 4) is 11.1 Å². The molecule has 1 aliphatic rings. The molecule has 5 heteroatoms. The number of hydrogen-bond acceptors (Lipinski definition) is 3. The number of nitrogens with two attached hydrogens (primary N) is 1. The summed E-state index contributed by atoms with van der Waals surface area (Å²) in [5.41, 5.74) is 12.4. The predicted molar refractivity (Wildman–Crippen MR) is 128 cm³/mol. The first-order valence-electron chi connectivity index (χ1n) is 11.4. The van der Waals surface area contributed by atoms with Crippen molar-refractivity contribution in [3.05, 3.63) is 60.6 Å². The Morgan fingerprint density at radius 3 is 2.74 bits per heavy atom. The molecule has 0 aliphatic heterocycles. The number of carbonyl (C=O) groups is 1. The van der Waals surface area contributed by atoms with Crippen LogP contribution in [0.25, 0.3) is 22.2 Å². The molecule has 1 heterocycles. The molecule has 1 amide bonds. The second kappa shape index (κ2) is 8.96. The minimum atomic E-state index is -0.442. The third-order valence-electron chi connectivity index (χ3n) is 6.72. The van der Waals surface area contributed by atoms with Gasteiger partial charge in [-0.25, -0.2) is 4.98 Å². The molecule has 1 atom stereocenters. The number of nitrogens with one attached hydrogen (secondary N) is 1. The quantitative estimate of drug-likeness (QED) is 0.469. The number of aromatic nitrogens is 2. The number of primary amides is 1. The summed E-state index contributed by atoms with van der Waals surface area (Å²) in [7, 11) is 0. The lowest BCUT2D eigenvalue weighted by molar-refractivity contribution is 0.100. The molecule has 0 spiro atoms. The van der Waals surface area contributed by atoms with E-state index in [-0.39, 0.29) is 5.92 Å². The monoisotopic (exact) mass is 416 g/mol. The molecule has 1 unspecified atom stereocenters. The molecule has 0 bridgehead atoms. The molecule has 1 fully saturated rings. The number of fused-ring (bicyclic) bond motifs is 1. The second-order valence-corrected chi connectivity index (χ2v) is 8.62. The van der Waals surface area contributed by atoms with Gasteiger partial charge in [0.1, 0.15) is 0 Å². The number of amides is 1. The highest BCUT2D eigenvalue weighted by molar-refractivity contribution is 6.01. The second-order valence-electron chi connectivity index (χ2n) is 8.62. The van der Waals surface area contributed by atoms with Crippen molar-refractivity contribution in [1.29, 1.82) is 0 Å².